The third-order valence-electron chi connectivity index (χ3n) is 7.98. The number of likely N-dealkylation sites (N-methyl/N-ethyl adjacent to an activating group) is 1. The van der Waals surface area contributed by atoms with E-state index >= 15 is 0 Å². The molecule has 47 heavy (non-hydrogen) atoms. The minimum Gasteiger partial charge on any atom is -0.393 e. The Hall–Kier alpha value is -4.80. The molecule has 0 unspecified atom stereocenters. The molecule has 5 N–H and O–H groups in total. The van der Waals surface area contributed by atoms with Gasteiger partial charge in [-0.3, -0.25) is 14.7 Å². The van der Waals surface area contributed by atoms with Crippen LogP contribution in [0.4, 0.5) is 5.69 Å². The molecule has 1 saturated carbocycles. The molecule has 0 spiro atoms. The number of hydrogen-bond donors (Lipinski definition) is 4. The van der Waals surface area contributed by atoms with Crippen LogP contribution in [-0.2, 0) is 11.3 Å². The summed E-state index contributed by atoms with van der Waals surface area (Å²) < 4.78 is 0. The molecule has 0 bridgehead atoms. The molecular weight excluding hydrogens is 588 g/mol. The highest BCUT2D eigenvalue weighted by molar-refractivity contribution is 6.03. The predicted molar refractivity (Wildman–Crippen MR) is 194 cm³/mol. The minimum absolute atomic E-state index is 0.0463. The third-order valence-corrected chi connectivity index (χ3v) is 7.98. The highest BCUT2D eigenvalue weighted by Gasteiger charge is 2.22. The van der Waals surface area contributed by atoms with Crippen LogP contribution in [0.3, 0.4) is 0 Å². The fourth-order valence-electron chi connectivity index (χ4n) is 5.50. The van der Waals surface area contributed by atoms with Crippen LogP contribution in [0.2, 0.25) is 0 Å². The van der Waals surface area contributed by atoms with Gasteiger partial charge in [-0.2, -0.15) is 4.99 Å². The quantitative estimate of drug-likeness (QED) is 0.224. The van der Waals surface area contributed by atoms with E-state index in [0.29, 0.717) is 19.0 Å². The first-order valence-corrected chi connectivity index (χ1v) is 16.1. The lowest BCUT2D eigenvalue weighted by Gasteiger charge is -2.30. The SMILES string of the molecule is C=C/C(=C1/NC(N)=NC(=NCc2ccccc2-c2nccc3cc(NC(=O)/C=C/CN(C)C)ccc23)N1C)C(C)C.OC1CCCC1. The van der Waals surface area contributed by atoms with Gasteiger partial charge in [-0.25, -0.2) is 4.99 Å². The molecule has 2 aliphatic rings. The van der Waals surface area contributed by atoms with Gasteiger partial charge in [-0.05, 0) is 67.6 Å². The van der Waals surface area contributed by atoms with Crippen LogP contribution in [0.15, 0.2) is 101 Å². The second-order valence-corrected chi connectivity index (χ2v) is 12.3. The number of allylic oxidation sites excluding steroid dienone is 2. The predicted octanol–water partition coefficient (Wildman–Crippen LogP) is 5.64. The van der Waals surface area contributed by atoms with Crippen molar-refractivity contribution in [3.8, 4) is 11.3 Å². The van der Waals surface area contributed by atoms with E-state index in [1.54, 1.807) is 12.3 Å². The van der Waals surface area contributed by atoms with E-state index in [2.05, 4.69) is 36.1 Å². The van der Waals surface area contributed by atoms with Gasteiger partial charge in [0.25, 0.3) is 0 Å². The van der Waals surface area contributed by atoms with Crippen molar-refractivity contribution in [3.63, 3.8) is 0 Å². The van der Waals surface area contributed by atoms with Gasteiger partial charge < -0.3 is 26.4 Å². The summed E-state index contributed by atoms with van der Waals surface area (Å²) in [6.07, 6.45) is 11.6. The number of nitrogens with two attached hydrogens (primary N) is 1. The van der Waals surface area contributed by atoms with Crippen molar-refractivity contribution >= 4 is 34.3 Å². The second-order valence-electron chi connectivity index (χ2n) is 12.3. The number of aliphatic imine (C=N–C) groups is 2. The highest BCUT2D eigenvalue weighted by atomic mass is 16.3. The number of hydrogen-bond acceptors (Lipinski definition) is 7. The first-order valence-electron chi connectivity index (χ1n) is 16.1. The summed E-state index contributed by atoms with van der Waals surface area (Å²) in [5.74, 6) is 1.70. The van der Waals surface area contributed by atoms with Crippen molar-refractivity contribution in [2.24, 2.45) is 21.6 Å². The Morgan fingerprint density at radius 3 is 2.62 bits per heavy atom. The third kappa shape index (κ3) is 9.60. The number of aromatic nitrogens is 1. The van der Waals surface area contributed by atoms with Crippen molar-refractivity contribution in [2.45, 2.75) is 52.2 Å². The lowest BCUT2D eigenvalue weighted by molar-refractivity contribution is -0.111. The van der Waals surface area contributed by atoms with E-state index in [0.717, 1.165) is 57.5 Å². The molecule has 1 aliphatic carbocycles. The normalized spacial score (nSPS) is 17.1. The summed E-state index contributed by atoms with van der Waals surface area (Å²) in [5, 5.41) is 16.8. The number of anilines is 1. The molecule has 3 aromatic rings. The second kappa shape index (κ2) is 16.7. The molecule has 0 saturated heterocycles. The number of carbonyl (C=O) groups is 1. The molecule has 1 fully saturated rings. The van der Waals surface area contributed by atoms with E-state index in [4.69, 9.17) is 20.8 Å². The van der Waals surface area contributed by atoms with Gasteiger partial charge in [0.05, 0.1) is 18.3 Å². The largest absolute Gasteiger partial charge is 0.393 e. The maximum absolute atomic E-state index is 12.3. The average Bonchev–Trinajstić information content (AvgIpc) is 3.52. The van der Waals surface area contributed by atoms with E-state index < -0.39 is 0 Å². The zero-order valence-electron chi connectivity index (χ0n) is 28.2. The molecular formula is C37H48N8O2. The lowest BCUT2D eigenvalue weighted by Crippen LogP contribution is -2.46. The number of nitrogens with one attached hydrogen (secondary N) is 2. The molecule has 248 valence electrons. The Balaban J connectivity index is 0.000000748. The fourth-order valence-corrected chi connectivity index (χ4v) is 5.50. The number of pyridine rings is 1. The lowest BCUT2D eigenvalue weighted by atomic mass is 9.99. The number of guanidine groups is 2. The van der Waals surface area contributed by atoms with Crippen LogP contribution in [0.5, 0.6) is 0 Å². The number of aliphatic hydroxyl groups excluding tert-OH is 1. The van der Waals surface area contributed by atoms with Crippen LogP contribution in [0, 0.1) is 5.92 Å². The standard InChI is InChI=1S/C32H38N8O.C5H10O/c1-7-25(21(2)3)30-37-31(33)38-32(40(30)6)35-20-23-11-8-9-12-26(23)29-27-15-14-24(19-22(27)16-17-34-29)36-28(41)13-10-18-39(4)5;6-5-3-1-2-4-5/h7-17,19,21H,1,18,20H2,2-6H3,(H,36,41)(H3,33,35,37,38);5-6H,1-4H2/b13-10+,30-25+;. The van der Waals surface area contributed by atoms with Gasteiger partial charge in [-0.1, -0.05) is 75.8 Å². The van der Waals surface area contributed by atoms with Crippen molar-refractivity contribution in [1.82, 2.24) is 20.1 Å². The maximum Gasteiger partial charge on any atom is 0.248 e. The number of amides is 1. The molecule has 0 atom stereocenters. The monoisotopic (exact) mass is 636 g/mol. The first kappa shape index (κ1) is 35.1. The van der Waals surface area contributed by atoms with Crippen LogP contribution in [0.1, 0.15) is 45.1 Å². The summed E-state index contributed by atoms with van der Waals surface area (Å²) in [4.78, 5) is 30.3. The van der Waals surface area contributed by atoms with Crippen LogP contribution in [-0.4, -0.2) is 71.5 Å². The molecule has 1 aliphatic heterocycles. The first-order chi connectivity index (χ1) is 22.6. The minimum atomic E-state index is -0.164. The summed E-state index contributed by atoms with van der Waals surface area (Å²) in [6.45, 7) is 9.26. The van der Waals surface area contributed by atoms with Gasteiger partial charge in [0.2, 0.25) is 17.8 Å². The number of aliphatic hydroxyl groups is 1. The number of benzene rings is 2. The molecule has 0 radical (unpaired) electrons. The molecule has 5 rings (SSSR count). The Morgan fingerprint density at radius 2 is 1.96 bits per heavy atom. The number of carbonyl (C=O) groups excluding carboxylic acids is 1. The Labute approximate surface area is 278 Å². The van der Waals surface area contributed by atoms with E-state index in [1.165, 1.54) is 12.8 Å². The van der Waals surface area contributed by atoms with E-state index in [-0.39, 0.29) is 23.9 Å². The van der Waals surface area contributed by atoms with Crippen molar-refractivity contribution in [2.75, 3.05) is 33.0 Å². The van der Waals surface area contributed by atoms with Gasteiger partial charge >= 0.3 is 0 Å². The van der Waals surface area contributed by atoms with Gasteiger partial charge in [0, 0.05) is 42.5 Å². The molecule has 10 heteroatoms. The molecule has 2 aromatic carbocycles. The number of rotatable bonds is 9. The van der Waals surface area contributed by atoms with Crippen LogP contribution in [0.25, 0.3) is 22.0 Å². The zero-order chi connectivity index (χ0) is 33.9. The summed E-state index contributed by atoms with van der Waals surface area (Å²) >= 11 is 0. The molecule has 1 aromatic heterocycles. The van der Waals surface area contributed by atoms with Gasteiger partial charge in [-0.15, -0.1) is 0 Å². The average molecular weight is 637 g/mol. The number of fused-ring (bicyclic) bond motifs is 1. The van der Waals surface area contributed by atoms with Gasteiger partial charge in [0.1, 0.15) is 5.82 Å². The Bertz CT molecular complexity index is 1680. The van der Waals surface area contributed by atoms with Crippen LogP contribution >= 0.6 is 0 Å². The van der Waals surface area contributed by atoms with Crippen LogP contribution < -0.4 is 16.4 Å². The van der Waals surface area contributed by atoms with E-state index in [9.17, 15) is 4.79 Å². The number of nitrogens with zero attached hydrogens (tertiary/aromatic N) is 5. The fraction of sp³-hybridized carbons (Fsp3) is 0.351. The van der Waals surface area contributed by atoms with Crippen molar-refractivity contribution in [3.05, 3.63) is 96.5 Å². The van der Waals surface area contributed by atoms with Crippen molar-refractivity contribution in [1.29, 1.82) is 0 Å². The van der Waals surface area contributed by atoms with E-state index in [1.807, 2.05) is 91.6 Å². The zero-order valence-corrected chi connectivity index (χ0v) is 28.2. The van der Waals surface area contributed by atoms with Gasteiger partial charge in [0.15, 0.2) is 0 Å². The van der Waals surface area contributed by atoms with Crippen molar-refractivity contribution < 1.29 is 9.90 Å². The molecule has 2 heterocycles. The summed E-state index contributed by atoms with van der Waals surface area (Å²) in [5.41, 5.74) is 10.7. The Morgan fingerprint density at radius 1 is 1.21 bits per heavy atom. The molecule has 10 nitrogen and oxygen atoms in total. The Kier molecular flexibility index (Phi) is 12.4. The smallest absolute Gasteiger partial charge is 0.248 e. The summed E-state index contributed by atoms with van der Waals surface area (Å²) in [7, 11) is 5.82. The summed E-state index contributed by atoms with van der Waals surface area (Å²) in [6, 6.07) is 15.9. The topological polar surface area (TPSA) is 131 Å². The molecule has 1 amide bonds. The highest BCUT2D eigenvalue weighted by Crippen LogP contribution is 2.31. The maximum atomic E-state index is 12.3.